The number of anilines is 2. The van der Waals surface area contributed by atoms with Gasteiger partial charge < -0.3 is 34.9 Å². The largest absolute Gasteiger partial charge is 0.497 e. The smallest absolute Gasteiger partial charge is 0.247 e. The Hall–Kier alpha value is -4.73. The van der Waals surface area contributed by atoms with Crippen LogP contribution in [0.15, 0.2) is 53.3 Å². The van der Waals surface area contributed by atoms with Crippen molar-refractivity contribution in [2.24, 2.45) is 5.92 Å². The summed E-state index contributed by atoms with van der Waals surface area (Å²) in [4.78, 5) is 39.7. The number of hydrogen-bond donors (Lipinski definition) is 3. The van der Waals surface area contributed by atoms with Crippen molar-refractivity contribution in [3.63, 3.8) is 0 Å². The fourth-order valence-corrected chi connectivity index (χ4v) is 5.62. The lowest BCUT2D eigenvalue weighted by Crippen LogP contribution is -2.40. The Kier molecular flexibility index (Phi) is 10.4. The van der Waals surface area contributed by atoms with Gasteiger partial charge in [0.1, 0.15) is 11.8 Å². The van der Waals surface area contributed by atoms with Gasteiger partial charge in [0.2, 0.25) is 23.0 Å². The topological polar surface area (TPSA) is 124 Å². The summed E-state index contributed by atoms with van der Waals surface area (Å²) in [6.07, 6.45) is 1.84. The maximum absolute atomic E-state index is 13.8. The molecule has 0 saturated carbocycles. The summed E-state index contributed by atoms with van der Waals surface area (Å²) in [6.45, 7) is 5.40. The van der Waals surface area contributed by atoms with Crippen LogP contribution in [0.5, 0.6) is 23.0 Å². The van der Waals surface area contributed by atoms with Gasteiger partial charge in [-0.05, 0) is 65.8 Å². The molecular formula is C34H41N3O7. The van der Waals surface area contributed by atoms with E-state index in [1.165, 1.54) is 13.0 Å². The lowest BCUT2D eigenvalue weighted by atomic mass is 9.95. The van der Waals surface area contributed by atoms with E-state index in [9.17, 15) is 14.4 Å². The molecule has 1 aliphatic rings. The normalized spacial score (nSPS) is 14.9. The van der Waals surface area contributed by atoms with Gasteiger partial charge in [0.05, 0.1) is 40.2 Å². The molecule has 234 valence electrons. The molecule has 3 aromatic carbocycles. The number of hydrogen-bond acceptors (Lipinski definition) is 8. The van der Waals surface area contributed by atoms with Gasteiger partial charge in [0.25, 0.3) is 0 Å². The predicted octanol–water partition coefficient (Wildman–Crippen LogP) is 5.34. The minimum Gasteiger partial charge on any atom is -0.497 e. The van der Waals surface area contributed by atoms with Crippen LogP contribution in [-0.2, 0) is 16.0 Å². The van der Waals surface area contributed by atoms with Crippen molar-refractivity contribution in [3.8, 4) is 34.1 Å². The van der Waals surface area contributed by atoms with E-state index in [0.717, 1.165) is 11.1 Å². The van der Waals surface area contributed by atoms with Gasteiger partial charge in [0.15, 0.2) is 11.5 Å². The first-order valence-corrected chi connectivity index (χ1v) is 14.6. The molecule has 0 spiro atoms. The fraction of sp³-hybridized carbons (Fsp3) is 0.382. The number of methoxy groups -OCH3 is 4. The van der Waals surface area contributed by atoms with Crippen LogP contribution in [0.25, 0.3) is 11.1 Å². The Balaban J connectivity index is 1.85. The van der Waals surface area contributed by atoms with Crippen LogP contribution in [-0.4, -0.2) is 46.3 Å². The van der Waals surface area contributed by atoms with Gasteiger partial charge in [-0.25, -0.2) is 0 Å². The molecule has 0 aromatic heterocycles. The first-order valence-electron chi connectivity index (χ1n) is 14.6. The van der Waals surface area contributed by atoms with Gasteiger partial charge in [-0.15, -0.1) is 0 Å². The van der Waals surface area contributed by atoms with Crippen molar-refractivity contribution in [2.75, 3.05) is 39.1 Å². The molecule has 3 atom stereocenters. The van der Waals surface area contributed by atoms with Crippen LogP contribution in [0.4, 0.5) is 11.4 Å². The van der Waals surface area contributed by atoms with Crippen LogP contribution in [0, 0.1) is 5.92 Å². The van der Waals surface area contributed by atoms with Gasteiger partial charge in [-0.1, -0.05) is 32.4 Å². The van der Waals surface area contributed by atoms with Crippen molar-refractivity contribution in [1.82, 2.24) is 5.32 Å². The summed E-state index contributed by atoms with van der Waals surface area (Å²) < 4.78 is 22.4. The Morgan fingerprint density at radius 1 is 0.955 bits per heavy atom. The summed E-state index contributed by atoms with van der Waals surface area (Å²) in [7, 11) is 6.22. The SMILES string of the molecule is CCC(C)C(Nc1ccc2c(cc1=O)C(NC(C)=O)CCc1cc(OC)c(OC)c(OC)c1-2)C(=O)Nc1cccc(OC)c1. The standard InChI is InChI=1S/C34H41N3O7/c1-8-19(2)31(34(40)36-22-10-9-11-23(17-22)41-4)37-27-15-13-24-25(18-28(27)39)26(35-20(3)38)14-12-21-16-29(42-5)32(43-6)33(44-7)30(21)24/h9-11,13,15-19,26,31H,8,12,14H2,1-7H3,(H,35,38)(H,36,40)(H,37,39). The number of rotatable bonds is 11. The number of amides is 2. The third-order valence-corrected chi connectivity index (χ3v) is 8.06. The molecule has 4 rings (SSSR count). The highest BCUT2D eigenvalue weighted by Gasteiger charge is 2.30. The molecule has 3 aromatic rings. The van der Waals surface area contributed by atoms with Crippen molar-refractivity contribution in [2.45, 2.75) is 52.1 Å². The average molecular weight is 604 g/mol. The highest BCUT2D eigenvalue weighted by Crippen LogP contribution is 2.50. The molecule has 2 amide bonds. The monoisotopic (exact) mass is 603 g/mol. The third-order valence-electron chi connectivity index (χ3n) is 8.06. The first-order chi connectivity index (χ1) is 21.1. The van der Waals surface area contributed by atoms with Gasteiger partial charge in [0, 0.05) is 24.2 Å². The fourth-order valence-electron chi connectivity index (χ4n) is 5.62. The molecule has 0 bridgehead atoms. The Bertz CT molecular complexity index is 1590. The summed E-state index contributed by atoms with van der Waals surface area (Å²) in [5, 5.41) is 9.20. The van der Waals surface area contributed by atoms with E-state index in [2.05, 4.69) is 16.0 Å². The second-order valence-corrected chi connectivity index (χ2v) is 10.8. The number of carbonyl (C=O) groups excluding carboxylic acids is 2. The minimum absolute atomic E-state index is 0.104. The number of fused-ring (bicyclic) bond motifs is 3. The zero-order chi connectivity index (χ0) is 32.0. The second-order valence-electron chi connectivity index (χ2n) is 10.8. The maximum Gasteiger partial charge on any atom is 0.247 e. The summed E-state index contributed by atoms with van der Waals surface area (Å²) in [5.74, 6) is 1.44. The van der Waals surface area contributed by atoms with Crippen LogP contribution < -0.4 is 40.3 Å². The molecule has 10 heteroatoms. The van der Waals surface area contributed by atoms with Crippen LogP contribution in [0.3, 0.4) is 0 Å². The summed E-state index contributed by atoms with van der Waals surface area (Å²) in [6, 6.07) is 12.9. The number of benzene rings is 2. The van der Waals surface area contributed by atoms with E-state index in [-0.39, 0.29) is 28.8 Å². The van der Waals surface area contributed by atoms with Crippen molar-refractivity contribution >= 4 is 23.2 Å². The molecular weight excluding hydrogens is 562 g/mol. The summed E-state index contributed by atoms with van der Waals surface area (Å²) >= 11 is 0. The molecule has 0 fully saturated rings. The van der Waals surface area contributed by atoms with E-state index in [4.69, 9.17) is 18.9 Å². The molecule has 0 saturated heterocycles. The predicted molar refractivity (Wildman–Crippen MR) is 171 cm³/mol. The maximum atomic E-state index is 13.8. The van der Waals surface area contributed by atoms with E-state index in [1.54, 1.807) is 58.8 Å². The molecule has 0 aliphatic heterocycles. The van der Waals surface area contributed by atoms with Gasteiger partial charge in [-0.3, -0.25) is 14.4 Å². The van der Waals surface area contributed by atoms with Crippen molar-refractivity contribution in [3.05, 3.63) is 69.9 Å². The summed E-state index contributed by atoms with van der Waals surface area (Å²) in [5.41, 5.74) is 3.56. The lowest BCUT2D eigenvalue weighted by molar-refractivity contribution is -0.120. The number of aryl methyl sites for hydroxylation is 1. The first kappa shape index (κ1) is 32.2. The Morgan fingerprint density at radius 2 is 1.70 bits per heavy atom. The molecule has 0 heterocycles. The number of nitrogens with one attached hydrogen (secondary N) is 3. The average Bonchev–Trinajstić information content (AvgIpc) is 3.26. The quantitative estimate of drug-likeness (QED) is 0.269. The molecule has 10 nitrogen and oxygen atoms in total. The highest BCUT2D eigenvalue weighted by atomic mass is 16.5. The third kappa shape index (κ3) is 6.74. The molecule has 3 unspecified atom stereocenters. The zero-order valence-corrected chi connectivity index (χ0v) is 26.3. The number of ether oxygens (including phenoxy) is 4. The van der Waals surface area contributed by atoms with Crippen LogP contribution >= 0.6 is 0 Å². The van der Waals surface area contributed by atoms with E-state index >= 15 is 0 Å². The van der Waals surface area contributed by atoms with Crippen LogP contribution in [0.1, 0.15) is 50.8 Å². The lowest BCUT2D eigenvalue weighted by Gasteiger charge is -2.24. The van der Waals surface area contributed by atoms with E-state index < -0.39 is 12.1 Å². The molecule has 1 aliphatic carbocycles. The molecule has 3 N–H and O–H groups in total. The minimum atomic E-state index is -0.710. The van der Waals surface area contributed by atoms with Crippen molar-refractivity contribution in [1.29, 1.82) is 0 Å². The van der Waals surface area contributed by atoms with Crippen LogP contribution in [0.2, 0.25) is 0 Å². The van der Waals surface area contributed by atoms with Gasteiger partial charge >= 0.3 is 0 Å². The highest BCUT2D eigenvalue weighted by molar-refractivity contribution is 5.97. The molecule has 44 heavy (non-hydrogen) atoms. The van der Waals surface area contributed by atoms with E-state index in [0.29, 0.717) is 59.1 Å². The molecule has 0 radical (unpaired) electrons. The Labute approximate surface area is 258 Å². The zero-order valence-electron chi connectivity index (χ0n) is 26.3. The Morgan fingerprint density at radius 3 is 2.34 bits per heavy atom. The van der Waals surface area contributed by atoms with E-state index in [1.807, 2.05) is 26.0 Å². The van der Waals surface area contributed by atoms with Crippen molar-refractivity contribution < 1.29 is 28.5 Å². The number of carbonyl (C=O) groups is 2. The van der Waals surface area contributed by atoms with Gasteiger partial charge in [-0.2, -0.15) is 0 Å². The second kappa shape index (κ2) is 14.2.